The van der Waals surface area contributed by atoms with Crippen molar-refractivity contribution in [3.63, 3.8) is 0 Å². The molecule has 1 fully saturated rings. The van der Waals surface area contributed by atoms with E-state index in [0.717, 1.165) is 12.8 Å². The first-order chi connectivity index (χ1) is 9.76. The van der Waals surface area contributed by atoms with Gasteiger partial charge in [-0.15, -0.1) is 12.4 Å². The third-order valence-electron chi connectivity index (χ3n) is 4.12. The molecule has 0 aromatic rings. The third-order valence-corrected chi connectivity index (χ3v) is 4.12. The van der Waals surface area contributed by atoms with E-state index in [4.69, 9.17) is 5.73 Å². The van der Waals surface area contributed by atoms with Crippen molar-refractivity contribution < 1.29 is 9.59 Å². The Bertz CT molecular complexity index is 382. The van der Waals surface area contributed by atoms with E-state index >= 15 is 0 Å². The van der Waals surface area contributed by atoms with Crippen LogP contribution in [0.15, 0.2) is 0 Å². The zero-order valence-corrected chi connectivity index (χ0v) is 15.0. The summed E-state index contributed by atoms with van der Waals surface area (Å²) in [6.45, 7) is 7.58. The summed E-state index contributed by atoms with van der Waals surface area (Å²) in [4.78, 5) is 26.4. The van der Waals surface area contributed by atoms with Gasteiger partial charge >= 0.3 is 6.03 Å². The minimum Gasteiger partial charge on any atom is -0.343 e. The van der Waals surface area contributed by atoms with Gasteiger partial charge in [-0.2, -0.15) is 0 Å². The molecule has 0 aromatic heterocycles. The number of hydrogen-bond donors (Lipinski definition) is 3. The molecule has 0 spiro atoms. The molecule has 0 radical (unpaired) electrons. The molecule has 22 heavy (non-hydrogen) atoms. The SMILES string of the molecule is CCNC(=O)NC1(C(=O)N(C)CC(C)(C)CN)CCCC1.Cl. The molecule has 0 bridgehead atoms. The van der Waals surface area contributed by atoms with E-state index in [-0.39, 0.29) is 29.8 Å². The Labute approximate surface area is 140 Å². The number of nitrogens with two attached hydrogens (primary N) is 1. The molecule has 1 rings (SSSR count). The van der Waals surface area contributed by atoms with Crippen LogP contribution in [0.4, 0.5) is 4.79 Å². The van der Waals surface area contributed by atoms with Crippen molar-refractivity contribution in [1.29, 1.82) is 0 Å². The second-order valence-corrected chi connectivity index (χ2v) is 6.80. The average molecular weight is 335 g/mol. The second kappa shape index (κ2) is 8.58. The number of carbonyl (C=O) groups is 2. The molecule has 0 aliphatic heterocycles. The topological polar surface area (TPSA) is 87.5 Å². The monoisotopic (exact) mass is 334 g/mol. The quantitative estimate of drug-likeness (QED) is 0.687. The number of amides is 3. The number of carbonyl (C=O) groups excluding carboxylic acids is 2. The van der Waals surface area contributed by atoms with Crippen LogP contribution < -0.4 is 16.4 Å². The van der Waals surface area contributed by atoms with E-state index in [1.54, 1.807) is 11.9 Å². The number of hydrogen-bond acceptors (Lipinski definition) is 3. The maximum absolute atomic E-state index is 12.8. The van der Waals surface area contributed by atoms with Crippen LogP contribution >= 0.6 is 12.4 Å². The van der Waals surface area contributed by atoms with Crippen molar-refractivity contribution in [3.8, 4) is 0 Å². The Morgan fingerprint density at radius 2 is 1.82 bits per heavy atom. The lowest BCUT2D eigenvalue weighted by molar-refractivity contribution is -0.137. The van der Waals surface area contributed by atoms with Gasteiger partial charge in [0, 0.05) is 20.1 Å². The fourth-order valence-corrected chi connectivity index (χ4v) is 2.94. The van der Waals surface area contributed by atoms with E-state index < -0.39 is 5.54 Å². The number of likely N-dealkylation sites (N-methyl/N-ethyl adjacent to an activating group) is 1. The standard InChI is InChI=1S/C15H30N4O2.ClH/c1-5-17-13(21)18-15(8-6-7-9-15)12(20)19(4)11-14(2,3)10-16;/h5-11,16H2,1-4H3,(H2,17,18,21);1H. The molecule has 1 saturated carbocycles. The smallest absolute Gasteiger partial charge is 0.315 e. The summed E-state index contributed by atoms with van der Waals surface area (Å²) in [6, 6.07) is -0.265. The van der Waals surface area contributed by atoms with Gasteiger partial charge in [0.05, 0.1) is 0 Å². The third kappa shape index (κ3) is 5.32. The average Bonchev–Trinajstić information content (AvgIpc) is 2.87. The Hall–Kier alpha value is -1.01. The molecule has 7 heteroatoms. The molecule has 1 aliphatic rings. The van der Waals surface area contributed by atoms with Gasteiger partial charge in [-0.25, -0.2) is 4.79 Å². The molecule has 0 atom stereocenters. The van der Waals surface area contributed by atoms with E-state index in [9.17, 15) is 9.59 Å². The van der Waals surface area contributed by atoms with Crippen molar-refractivity contribution in [2.45, 2.75) is 52.0 Å². The number of nitrogens with zero attached hydrogens (tertiary/aromatic N) is 1. The van der Waals surface area contributed by atoms with Crippen molar-refractivity contribution >= 4 is 24.3 Å². The summed E-state index contributed by atoms with van der Waals surface area (Å²) in [7, 11) is 1.79. The highest BCUT2D eigenvalue weighted by atomic mass is 35.5. The fourth-order valence-electron chi connectivity index (χ4n) is 2.94. The molecule has 6 nitrogen and oxygen atoms in total. The molecular weight excluding hydrogens is 304 g/mol. The van der Waals surface area contributed by atoms with Crippen LogP contribution in [-0.2, 0) is 4.79 Å². The number of nitrogens with one attached hydrogen (secondary N) is 2. The molecule has 4 N–H and O–H groups in total. The first-order valence-electron chi connectivity index (χ1n) is 7.78. The van der Waals surface area contributed by atoms with Gasteiger partial charge in [0.25, 0.3) is 0 Å². The number of rotatable bonds is 6. The summed E-state index contributed by atoms with van der Waals surface area (Å²) in [5, 5.41) is 5.61. The molecule has 130 valence electrons. The fraction of sp³-hybridized carbons (Fsp3) is 0.867. The normalized spacial score (nSPS) is 16.6. The minimum absolute atomic E-state index is 0. The molecule has 0 unspecified atom stereocenters. The van der Waals surface area contributed by atoms with Gasteiger partial charge in [0.2, 0.25) is 5.91 Å². The van der Waals surface area contributed by atoms with Crippen LogP contribution in [0.1, 0.15) is 46.5 Å². The molecule has 1 aliphatic carbocycles. The van der Waals surface area contributed by atoms with Gasteiger partial charge in [0.1, 0.15) is 5.54 Å². The predicted octanol–water partition coefficient (Wildman–Crippen LogP) is 1.48. The van der Waals surface area contributed by atoms with Gasteiger partial charge in [-0.3, -0.25) is 4.79 Å². The zero-order chi connectivity index (χ0) is 16.1. The van der Waals surface area contributed by atoms with Gasteiger partial charge < -0.3 is 21.3 Å². The maximum Gasteiger partial charge on any atom is 0.315 e. The summed E-state index contributed by atoms with van der Waals surface area (Å²) in [5.74, 6) is -0.00669. The predicted molar refractivity (Wildman–Crippen MR) is 91.1 cm³/mol. The maximum atomic E-state index is 12.8. The first-order valence-corrected chi connectivity index (χ1v) is 7.78. The first kappa shape index (κ1) is 21.0. The Morgan fingerprint density at radius 3 is 2.27 bits per heavy atom. The number of halogens is 1. The van der Waals surface area contributed by atoms with Crippen LogP contribution in [0.2, 0.25) is 0 Å². The summed E-state index contributed by atoms with van der Waals surface area (Å²) >= 11 is 0. The number of urea groups is 1. The summed E-state index contributed by atoms with van der Waals surface area (Å²) in [5.41, 5.74) is 4.86. The van der Waals surface area contributed by atoms with Crippen molar-refractivity contribution in [2.24, 2.45) is 11.1 Å². The van der Waals surface area contributed by atoms with Crippen LogP contribution in [-0.4, -0.2) is 49.1 Å². The van der Waals surface area contributed by atoms with E-state index in [2.05, 4.69) is 10.6 Å². The van der Waals surface area contributed by atoms with Crippen LogP contribution in [0, 0.1) is 5.41 Å². The van der Waals surface area contributed by atoms with Crippen molar-refractivity contribution in [2.75, 3.05) is 26.7 Å². The lowest BCUT2D eigenvalue weighted by Gasteiger charge is -2.36. The second-order valence-electron chi connectivity index (χ2n) is 6.80. The van der Waals surface area contributed by atoms with Gasteiger partial charge in [-0.05, 0) is 31.7 Å². The molecule has 0 heterocycles. The highest BCUT2D eigenvalue weighted by molar-refractivity contribution is 5.91. The van der Waals surface area contributed by atoms with Gasteiger partial charge in [0.15, 0.2) is 0 Å². The largest absolute Gasteiger partial charge is 0.343 e. The Morgan fingerprint density at radius 1 is 1.27 bits per heavy atom. The Kier molecular flexibility index (Phi) is 8.18. The van der Waals surface area contributed by atoms with E-state index in [1.807, 2.05) is 20.8 Å². The Balaban J connectivity index is 0.00000441. The molecule has 0 saturated heterocycles. The highest BCUT2D eigenvalue weighted by Crippen LogP contribution is 2.32. The summed E-state index contributed by atoms with van der Waals surface area (Å²) in [6.07, 6.45) is 3.34. The zero-order valence-electron chi connectivity index (χ0n) is 14.2. The lowest BCUT2D eigenvalue weighted by Crippen LogP contribution is -2.60. The summed E-state index contributed by atoms with van der Waals surface area (Å²) < 4.78 is 0. The van der Waals surface area contributed by atoms with Crippen LogP contribution in [0.25, 0.3) is 0 Å². The van der Waals surface area contributed by atoms with Crippen molar-refractivity contribution in [1.82, 2.24) is 15.5 Å². The van der Waals surface area contributed by atoms with E-state index in [0.29, 0.717) is 32.5 Å². The highest BCUT2D eigenvalue weighted by Gasteiger charge is 2.44. The molecule has 3 amide bonds. The minimum atomic E-state index is -0.751. The van der Waals surface area contributed by atoms with Crippen LogP contribution in [0.3, 0.4) is 0 Å². The van der Waals surface area contributed by atoms with Crippen LogP contribution in [0.5, 0.6) is 0 Å². The van der Waals surface area contributed by atoms with Gasteiger partial charge in [-0.1, -0.05) is 26.7 Å². The van der Waals surface area contributed by atoms with E-state index in [1.165, 1.54) is 0 Å². The lowest BCUT2D eigenvalue weighted by atomic mass is 9.90. The van der Waals surface area contributed by atoms with Crippen molar-refractivity contribution in [3.05, 3.63) is 0 Å². The molecule has 0 aromatic carbocycles. The molecular formula is C15H31ClN4O2.